The molecule has 0 radical (unpaired) electrons. The Labute approximate surface area is 181 Å². The summed E-state index contributed by atoms with van der Waals surface area (Å²) in [4.78, 5) is 16.6. The Kier molecular flexibility index (Phi) is 7.68. The van der Waals surface area contributed by atoms with Gasteiger partial charge in [-0.3, -0.25) is 0 Å². The fraction of sp³-hybridized carbons (Fsp3) is 0.435. The normalized spacial score (nSPS) is 19.0. The number of piperidine rings is 1. The van der Waals surface area contributed by atoms with Crippen molar-refractivity contribution in [2.45, 2.75) is 31.7 Å². The predicted molar refractivity (Wildman–Crippen MR) is 115 cm³/mol. The molecule has 0 unspecified atom stereocenters. The molecule has 0 aromatic heterocycles. The van der Waals surface area contributed by atoms with Gasteiger partial charge in [-0.2, -0.15) is 0 Å². The molecular formula is C23H29F2N3O3. The zero-order valence-electron chi connectivity index (χ0n) is 18.1. The maximum absolute atomic E-state index is 14.9. The number of likely N-dealkylation sites (tertiary alicyclic amines) is 1. The van der Waals surface area contributed by atoms with Crippen LogP contribution in [0.2, 0.25) is 0 Å². The van der Waals surface area contributed by atoms with Crippen LogP contribution < -0.4 is 14.8 Å². The molecule has 8 heteroatoms. The van der Waals surface area contributed by atoms with Gasteiger partial charge < -0.3 is 24.6 Å². The van der Waals surface area contributed by atoms with Gasteiger partial charge >= 0.3 is 6.03 Å². The number of ether oxygens (including phenoxy) is 2. The SMILES string of the molecule is COc1cc(CNC(=O)N(Cc2ccc(F)cc2)[C@H]2CCN(C)C[C@H]2F)cc(OC)c1. The first-order chi connectivity index (χ1) is 14.9. The summed E-state index contributed by atoms with van der Waals surface area (Å²) in [5, 5.41) is 2.88. The van der Waals surface area contributed by atoms with Crippen molar-refractivity contribution in [1.29, 1.82) is 0 Å². The number of hydrogen-bond acceptors (Lipinski definition) is 4. The topological polar surface area (TPSA) is 54.0 Å². The summed E-state index contributed by atoms with van der Waals surface area (Å²) in [6, 6.07) is 10.4. The van der Waals surface area contributed by atoms with Gasteiger partial charge in [0.05, 0.1) is 20.3 Å². The van der Waals surface area contributed by atoms with Gasteiger partial charge in [0.15, 0.2) is 0 Å². The van der Waals surface area contributed by atoms with Gasteiger partial charge in [0.1, 0.15) is 23.5 Å². The number of nitrogens with zero attached hydrogens (tertiary/aromatic N) is 2. The zero-order valence-corrected chi connectivity index (χ0v) is 18.1. The third kappa shape index (κ3) is 6.07. The molecule has 1 fully saturated rings. The quantitative estimate of drug-likeness (QED) is 0.725. The van der Waals surface area contributed by atoms with E-state index in [-0.39, 0.29) is 31.5 Å². The minimum atomic E-state index is -1.16. The molecule has 0 saturated carbocycles. The highest BCUT2D eigenvalue weighted by molar-refractivity contribution is 5.74. The van der Waals surface area contributed by atoms with E-state index in [0.717, 1.165) is 11.1 Å². The van der Waals surface area contributed by atoms with E-state index in [1.54, 1.807) is 44.6 Å². The van der Waals surface area contributed by atoms with E-state index in [2.05, 4.69) is 5.32 Å². The Bertz CT molecular complexity index is 857. The molecule has 1 heterocycles. The third-order valence-corrected chi connectivity index (χ3v) is 5.49. The van der Waals surface area contributed by atoms with Crippen molar-refractivity contribution in [3.05, 3.63) is 59.4 Å². The maximum atomic E-state index is 14.9. The predicted octanol–water partition coefficient (Wildman–Crippen LogP) is 3.60. The van der Waals surface area contributed by atoms with Crippen molar-refractivity contribution < 1.29 is 23.0 Å². The molecule has 3 rings (SSSR count). The standard InChI is InChI=1S/C23H29F2N3O3/c1-27-9-8-22(21(25)15-27)28(14-16-4-6-18(24)7-5-16)23(29)26-13-17-10-19(30-2)12-20(11-17)31-3/h4-7,10-12,21-22H,8-9,13-15H2,1-3H3,(H,26,29)/t21-,22+/m1/s1. The van der Waals surface area contributed by atoms with E-state index in [4.69, 9.17) is 9.47 Å². The molecular weight excluding hydrogens is 404 g/mol. The number of halogens is 2. The van der Waals surface area contributed by atoms with Crippen LogP contribution >= 0.6 is 0 Å². The minimum Gasteiger partial charge on any atom is -0.497 e. The molecule has 168 valence electrons. The average Bonchev–Trinajstić information content (AvgIpc) is 2.77. The summed E-state index contributed by atoms with van der Waals surface area (Å²) < 4.78 is 38.7. The van der Waals surface area contributed by atoms with Crippen LogP contribution in [0, 0.1) is 5.82 Å². The number of urea groups is 1. The largest absolute Gasteiger partial charge is 0.497 e. The van der Waals surface area contributed by atoms with Crippen LogP contribution in [0.5, 0.6) is 11.5 Å². The maximum Gasteiger partial charge on any atom is 0.318 e. The lowest BCUT2D eigenvalue weighted by Crippen LogP contribution is -2.55. The van der Waals surface area contributed by atoms with Gasteiger partial charge in [-0.1, -0.05) is 12.1 Å². The number of alkyl halides is 1. The van der Waals surface area contributed by atoms with Crippen molar-refractivity contribution in [2.24, 2.45) is 0 Å². The highest BCUT2D eigenvalue weighted by Gasteiger charge is 2.35. The summed E-state index contributed by atoms with van der Waals surface area (Å²) in [6.07, 6.45) is -0.638. The monoisotopic (exact) mass is 433 g/mol. The fourth-order valence-electron chi connectivity index (χ4n) is 3.77. The Morgan fingerprint density at radius 2 is 1.77 bits per heavy atom. The Morgan fingerprint density at radius 3 is 2.35 bits per heavy atom. The molecule has 2 aromatic carbocycles. The van der Waals surface area contributed by atoms with Crippen LogP contribution in [-0.4, -0.2) is 62.4 Å². The zero-order chi connectivity index (χ0) is 22.4. The third-order valence-electron chi connectivity index (χ3n) is 5.49. The minimum absolute atomic E-state index is 0.197. The van der Waals surface area contributed by atoms with E-state index < -0.39 is 12.2 Å². The molecule has 2 aromatic rings. The van der Waals surface area contributed by atoms with Crippen LogP contribution in [0.4, 0.5) is 13.6 Å². The smallest absolute Gasteiger partial charge is 0.318 e. The van der Waals surface area contributed by atoms with E-state index in [1.165, 1.54) is 17.0 Å². The van der Waals surface area contributed by atoms with E-state index >= 15 is 0 Å². The first-order valence-corrected chi connectivity index (χ1v) is 10.2. The van der Waals surface area contributed by atoms with E-state index in [9.17, 15) is 13.6 Å². The molecule has 0 aliphatic carbocycles. The Hall–Kier alpha value is -2.87. The average molecular weight is 433 g/mol. The molecule has 6 nitrogen and oxygen atoms in total. The van der Waals surface area contributed by atoms with E-state index in [1.807, 2.05) is 11.9 Å². The lowest BCUT2D eigenvalue weighted by Gasteiger charge is -2.39. The Morgan fingerprint density at radius 1 is 1.13 bits per heavy atom. The lowest BCUT2D eigenvalue weighted by molar-refractivity contribution is 0.0571. The fourth-order valence-corrected chi connectivity index (χ4v) is 3.77. The molecule has 1 aliphatic rings. The molecule has 1 saturated heterocycles. The van der Waals surface area contributed by atoms with Crippen LogP contribution in [0.25, 0.3) is 0 Å². The van der Waals surface area contributed by atoms with Gasteiger partial charge in [-0.15, -0.1) is 0 Å². The van der Waals surface area contributed by atoms with Crippen molar-refractivity contribution in [3.63, 3.8) is 0 Å². The number of methoxy groups -OCH3 is 2. The summed E-state index contributed by atoms with van der Waals surface area (Å²) in [7, 11) is 4.98. The number of amides is 2. The number of hydrogen-bond donors (Lipinski definition) is 1. The van der Waals surface area contributed by atoms with Gasteiger partial charge in [0.2, 0.25) is 0 Å². The first kappa shape index (κ1) is 22.8. The molecule has 31 heavy (non-hydrogen) atoms. The summed E-state index contributed by atoms with van der Waals surface area (Å²) in [5.74, 6) is 0.881. The molecule has 1 N–H and O–H groups in total. The van der Waals surface area contributed by atoms with Gasteiger partial charge in [-0.05, 0) is 48.9 Å². The molecule has 2 amide bonds. The van der Waals surface area contributed by atoms with Gasteiger partial charge in [0, 0.05) is 32.2 Å². The van der Waals surface area contributed by atoms with Crippen LogP contribution in [0.3, 0.4) is 0 Å². The number of nitrogens with one attached hydrogen (secondary N) is 1. The number of carbonyl (C=O) groups excluding carboxylic acids is 1. The second-order valence-corrected chi connectivity index (χ2v) is 7.77. The highest BCUT2D eigenvalue weighted by Crippen LogP contribution is 2.24. The van der Waals surface area contributed by atoms with Crippen molar-refractivity contribution >= 4 is 6.03 Å². The lowest BCUT2D eigenvalue weighted by atomic mass is 10.0. The number of rotatable bonds is 7. The molecule has 1 aliphatic heterocycles. The highest BCUT2D eigenvalue weighted by atomic mass is 19.1. The van der Waals surface area contributed by atoms with Gasteiger partial charge in [0.25, 0.3) is 0 Å². The van der Waals surface area contributed by atoms with Crippen LogP contribution in [-0.2, 0) is 13.1 Å². The molecule has 0 bridgehead atoms. The second kappa shape index (κ2) is 10.4. The van der Waals surface area contributed by atoms with E-state index in [0.29, 0.717) is 24.5 Å². The molecule has 0 spiro atoms. The number of benzene rings is 2. The van der Waals surface area contributed by atoms with Crippen molar-refractivity contribution in [2.75, 3.05) is 34.4 Å². The first-order valence-electron chi connectivity index (χ1n) is 10.2. The number of carbonyl (C=O) groups is 1. The van der Waals surface area contributed by atoms with Crippen molar-refractivity contribution in [1.82, 2.24) is 15.1 Å². The second-order valence-electron chi connectivity index (χ2n) is 7.77. The summed E-state index contributed by atoms with van der Waals surface area (Å²) >= 11 is 0. The summed E-state index contributed by atoms with van der Waals surface area (Å²) in [6.45, 7) is 1.40. The van der Waals surface area contributed by atoms with Crippen LogP contribution in [0.15, 0.2) is 42.5 Å². The molecule has 2 atom stereocenters. The van der Waals surface area contributed by atoms with Gasteiger partial charge in [-0.25, -0.2) is 13.6 Å². The van der Waals surface area contributed by atoms with Crippen LogP contribution in [0.1, 0.15) is 17.5 Å². The Balaban J connectivity index is 1.76. The van der Waals surface area contributed by atoms with Crippen molar-refractivity contribution in [3.8, 4) is 11.5 Å². The summed E-state index contributed by atoms with van der Waals surface area (Å²) in [5.41, 5.74) is 1.54.